The Morgan fingerprint density at radius 3 is 2.35 bits per heavy atom. The Morgan fingerprint density at radius 1 is 0.885 bits per heavy atom. The van der Waals surface area contributed by atoms with Crippen LogP contribution in [0.25, 0.3) is 0 Å². The molecule has 0 saturated carbocycles. The minimum absolute atomic E-state index is 0.179. The van der Waals surface area contributed by atoms with Gasteiger partial charge in [0.15, 0.2) is 5.71 Å². The molecule has 1 heterocycles. The molecule has 0 bridgehead atoms. The summed E-state index contributed by atoms with van der Waals surface area (Å²) in [5.41, 5.74) is 4.95. The average Bonchev–Trinajstić information content (AvgIpc) is 2.96. The van der Waals surface area contributed by atoms with Crippen LogP contribution in [0.3, 0.4) is 0 Å². The number of rotatable bonds is 4. The van der Waals surface area contributed by atoms with Gasteiger partial charge in [0.1, 0.15) is 6.61 Å². The lowest BCUT2D eigenvalue weighted by atomic mass is 10.1. The van der Waals surface area contributed by atoms with Crippen molar-refractivity contribution in [2.75, 3.05) is 4.90 Å². The van der Waals surface area contributed by atoms with Gasteiger partial charge in [-0.3, -0.25) is 9.69 Å². The molecule has 128 valence electrons. The zero-order valence-electron chi connectivity index (χ0n) is 14.4. The molecule has 0 spiro atoms. The molecule has 0 saturated heterocycles. The smallest absolute Gasteiger partial charge is 0.285 e. The molecule has 26 heavy (non-hydrogen) atoms. The Labute approximate surface area is 152 Å². The van der Waals surface area contributed by atoms with E-state index in [1.54, 1.807) is 4.90 Å². The fourth-order valence-corrected chi connectivity index (χ4v) is 2.98. The Hall–Kier alpha value is -3.40. The van der Waals surface area contributed by atoms with Gasteiger partial charge in [-0.05, 0) is 30.7 Å². The fraction of sp³-hybridized carbons (Fsp3) is 0.0909. The summed E-state index contributed by atoms with van der Waals surface area (Å²) < 4.78 is 0. The second-order valence-corrected chi connectivity index (χ2v) is 6.19. The van der Waals surface area contributed by atoms with Gasteiger partial charge in [0.05, 0.1) is 5.69 Å². The molecule has 1 aliphatic heterocycles. The second-order valence-electron chi connectivity index (χ2n) is 6.19. The van der Waals surface area contributed by atoms with Crippen LogP contribution in [0.4, 0.5) is 11.4 Å². The average molecular weight is 342 g/mol. The molecule has 0 unspecified atom stereocenters. The zero-order chi connectivity index (χ0) is 17.9. The monoisotopic (exact) mass is 342 g/mol. The quantitative estimate of drug-likeness (QED) is 0.651. The highest BCUT2D eigenvalue weighted by Gasteiger charge is 2.35. The van der Waals surface area contributed by atoms with Crippen molar-refractivity contribution in [2.24, 2.45) is 5.16 Å². The second kappa shape index (κ2) is 6.84. The molecular formula is C22H18N2O2. The van der Waals surface area contributed by atoms with E-state index in [4.69, 9.17) is 4.84 Å². The van der Waals surface area contributed by atoms with Crippen molar-refractivity contribution in [3.63, 3.8) is 0 Å². The van der Waals surface area contributed by atoms with E-state index in [-0.39, 0.29) is 5.91 Å². The van der Waals surface area contributed by atoms with Gasteiger partial charge in [0, 0.05) is 11.3 Å². The predicted molar refractivity (Wildman–Crippen MR) is 103 cm³/mol. The number of anilines is 2. The number of oxime groups is 1. The third kappa shape index (κ3) is 2.97. The predicted octanol–water partition coefficient (Wildman–Crippen LogP) is 4.59. The summed E-state index contributed by atoms with van der Waals surface area (Å²) in [5, 5.41) is 4.16. The number of amides is 1. The van der Waals surface area contributed by atoms with Crippen LogP contribution in [-0.4, -0.2) is 11.6 Å². The van der Waals surface area contributed by atoms with E-state index < -0.39 is 0 Å². The number of carbonyl (C=O) groups is 1. The number of carbonyl (C=O) groups excluding carboxylic acids is 1. The van der Waals surface area contributed by atoms with Crippen LogP contribution in [0, 0.1) is 6.92 Å². The maximum Gasteiger partial charge on any atom is 0.285 e. The van der Waals surface area contributed by atoms with Crippen molar-refractivity contribution < 1.29 is 9.63 Å². The van der Waals surface area contributed by atoms with Gasteiger partial charge in [0.2, 0.25) is 0 Å². The molecule has 4 nitrogen and oxygen atoms in total. The number of hydrogen-bond donors (Lipinski definition) is 0. The van der Waals surface area contributed by atoms with E-state index in [2.05, 4.69) is 5.16 Å². The van der Waals surface area contributed by atoms with Gasteiger partial charge in [-0.25, -0.2) is 0 Å². The molecule has 0 fully saturated rings. The SMILES string of the molecule is Cc1ccc(CO/N=C2/C(=O)N(c3ccccc3)c3ccccc32)cc1. The maximum absolute atomic E-state index is 13.0. The maximum atomic E-state index is 13.0. The largest absolute Gasteiger partial charge is 0.390 e. The highest BCUT2D eigenvalue weighted by Crippen LogP contribution is 2.35. The normalized spacial score (nSPS) is 14.6. The van der Waals surface area contributed by atoms with Crippen LogP contribution in [-0.2, 0) is 16.2 Å². The van der Waals surface area contributed by atoms with Crippen molar-refractivity contribution in [1.82, 2.24) is 0 Å². The Bertz CT molecular complexity index is 963. The molecule has 1 amide bonds. The number of nitrogens with zero attached hydrogens (tertiary/aromatic N) is 2. The van der Waals surface area contributed by atoms with E-state index in [1.165, 1.54) is 5.56 Å². The number of para-hydroxylation sites is 2. The first-order valence-corrected chi connectivity index (χ1v) is 8.48. The van der Waals surface area contributed by atoms with Crippen LogP contribution in [0.1, 0.15) is 16.7 Å². The molecule has 4 heteroatoms. The van der Waals surface area contributed by atoms with Crippen molar-refractivity contribution in [1.29, 1.82) is 0 Å². The Balaban J connectivity index is 1.62. The van der Waals surface area contributed by atoms with Gasteiger partial charge >= 0.3 is 0 Å². The molecule has 1 aliphatic rings. The van der Waals surface area contributed by atoms with E-state index in [1.807, 2.05) is 85.8 Å². The third-order valence-electron chi connectivity index (χ3n) is 4.33. The molecule has 0 aromatic heterocycles. The Kier molecular flexibility index (Phi) is 4.23. The first-order chi connectivity index (χ1) is 12.7. The molecule has 4 rings (SSSR count). The van der Waals surface area contributed by atoms with Gasteiger partial charge in [-0.1, -0.05) is 71.4 Å². The van der Waals surface area contributed by atoms with Crippen molar-refractivity contribution in [2.45, 2.75) is 13.5 Å². The van der Waals surface area contributed by atoms with E-state index >= 15 is 0 Å². The lowest BCUT2D eigenvalue weighted by Gasteiger charge is -2.16. The molecule has 0 aliphatic carbocycles. The highest BCUT2D eigenvalue weighted by atomic mass is 16.6. The molecule has 3 aromatic rings. The molecular weight excluding hydrogens is 324 g/mol. The van der Waals surface area contributed by atoms with Crippen molar-refractivity contribution in [3.05, 3.63) is 95.6 Å². The van der Waals surface area contributed by atoms with E-state index in [0.717, 1.165) is 22.5 Å². The summed E-state index contributed by atoms with van der Waals surface area (Å²) in [4.78, 5) is 20.1. The zero-order valence-corrected chi connectivity index (χ0v) is 14.4. The van der Waals surface area contributed by atoms with E-state index in [0.29, 0.717) is 12.3 Å². The van der Waals surface area contributed by atoms with E-state index in [9.17, 15) is 4.79 Å². The van der Waals surface area contributed by atoms with Gasteiger partial charge < -0.3 is 4.84 Å². The van der Waals surface area contributed by atoms with Crippen LogP contribution >= 0.6 is 0 Å². The minimum atomic E-state index is -0.179. The summed E-state index contributed by atoms with van der Waals surface area (Å²) in [6.07, 6.45) is 0. The molecule has 3 aromatic carbocycles. The minimum Gasteiger partial charge on any atom is -0.390 e. The van der Waals surface area contributed by atoms with Crippen LogP contribution in [0.5, 0.6) is 0 Å². The van der Waals surface area contributed by atoms with Crippen LogP contribution < -0.4 is 4.90 Å². The molecule has 0 atom stereocenters. The van der Waals surface area contributed by atoms with Gasteiger partial charge in [0.25, 0.3) is 5.91 Å². The third-order valence-corrected chi connectivity index (χ3v) is 4.33. The topological polar surface area (TPSA) is 41.9 Å². The Morgan fingerprint density at radius 2 is 1.58 bits per heavy atom. The van der Waals surface area contributed by atoms with Crippen molar-refractivity contribution >= 4 is 23.0 Å². The number of benzene rings is 3. The van der Waals surface area contributed by atoms with Gasteiger partial charge in [-0.2, -0.15) is 0 Å². The molecule has 0 radical (unpaired) electrons. The lowest BCUT2D eigenvalue weighted by Crippen LogP contribution is -2.25. The summed E-state index contributed by atoms with van der Waals surface area (Å²) in [5.74, 6) is -0.179. The van der Waals surface area contributed by atoms with Gasteiger partial charge in [-0.15, -0.1) is 0 Å². The number of hydrogen-bond acceptors (Lipinski definition) is 3. The number of fused-ring (bicyclic) bond motifs is 1. The lowest BCUT2D eigenvalue weighted by molar-refractivity contribution is -0.111. The summed E-state index contributed by atoms with van der Waals surface area (Å²) in [7, 11) is 0. The summed E-state index contributed by atoms with van der Waals surface area (Å²) in [6, 6.07) is 25.2. The standard InChI is InChI=1S/C22H18N2O2/c1-16-11-13-17(14-12-16)15-26-23-21-19-9-5-6-10-20(19)24(22(21)25)18-7-3-2-4-8-18/h2-14H,15H2,1H3/b23-21+. The fourth-order valence-electron chi connectivity index (χ4n) is 2.98. The van der Waals surface area contributed by atoms with Crippen molar-refractivity contribution in [3.8, 4) is 0 Å². The molecule has 0 N–H and O–H groups in total. The summed E-state index contributed by atoms with van der Waals surface area (Å²) in [6.45, 7) is 2.36. The first kappa shape index (κ1) is 16.1. The van der Waals surface area contributed by atoms with Crippen LogP contribution in [0.15, 0.2) is 84.0 Å². The highest BCUT2D eigenvalue weighted by molar-refractivity contribution is 6.55. The van der Waals surface area contributed by atoms with Crippen LogP contribution in [0.2, 0.25) is 0 Å². The number of aryl methyl sites for hydroxylation is 1. The first-order valence-electron chi connectivity index (χ1n) is 8.48. The summed E-state index contributed by atoms with van der Waals surface area (Å²) >= 11 is 0.